The van der Waals surface area contributed by atoms with Gasteiger partial charge in [0.05, 0.1) is 43.5 Å². The molecule has 12 heteroatoms. The Kier molecular flexibility index (Phi) is 8.39. The highest BCUT2D eigenvalue weighted by atomic mass is 32.2. The Morgan fingerprint density at radius 2 is 2.00 bits per heavy atom. The normalized spacial score (nSPS) is 35.2. The summed E-state index contributed by atoms with van der Waals surface area (Å²) in [6.07, 6.45) is 0.451. The highest BCUT2D eigenvalue weighted by Gasteiger charge is 2.43. The van der Waals surface area contributed by atoms with Crippen molar-refractivity contribution in [3.8, 4) is 0 Å². The van der Waals surface area contributed by atoms with Gasteiger partial charge in [0, 0.05) is 30.9 Å². The van der Waals surface area contributed by atoms with Crippen LogP contribution in [0.3, 0.4) is 0 Å². The van der Waals surface area contributed by atoms with Gasteiger partial charge in [-0.3, -0.25) is 14.5 Å². The number of urea groups is 1. The molecule has 0 aromatic heterocycles. The predicted octanol–water partition coefficient (Wildman–Crippen LogP) is -2.31. The zero-order valence-corrected chi connectivity index (χ0v) is 18.4. The van der Waals surface area contributed by atoms with E-state index >= 15 is 0 Å². The van der Waals surface area contributed by atoms with Crippen LogP contribution in [0.5, 0.6) is 0 Å². The van der Waals surface area contributed by atoms with Crippen molar-refractivity contribution in [1.82, 2.24) is 26.2 Å². The number of hydrogen-bond donors (Lipinski definition) is 7. The summed E-state index contributed by atoms with van der Waals surface area (Å²) in [6, 6.07) is -1.16. The van der Waals surface area contributed by atoms with E-state index in [0.717, 1.165) is 25.0 Å². The van der Waals surface area contributed by atoms with Crippen LogP contribution in [-0.2, 0) is 9.59 Å². The first-order valence-electron chi connectivity index (χ1n) is 10.7. The van der Waals surface area contributed by atoms with Crippen molar-refractivity contribution in [2.75, 3.05) is 25.6 Å². The second-order valence-electron chi connectivity index (χ2n) is 8.44. The number of nitrogens with zero attached hydrogens (tertiary/aromatic N) is 1. The third-order valence-electron chi connectivity index (χ3n) is 6.19. The Balaban J connectivity index is 1.38. The number of piperidine rings is 1. The molecule has 7 N–H and O–H groups in total. The molecule has 0 aromatic rings. The number of carbonyl (C=O) groups is 3. The van der Waals surface area contributed by atoms with Crippen molar-refractivity contribution in [1.29, 1.82) is 0 Å². The topological polar surface area (TPSA) is 163 Å². The first kappa shape index (κ1) is 24.1. The lowest BCUT2D eigenvalue weighted by Crippen LogP contribution is -2.67. The van der Waals surface area contributed by atoms with E-state index in [9.17, 15) is 29.7 Å². The van der Waals surface area contributed by atoms with Crippen LogP contribution in [-0.4, -0.2) is 105 Å². The maximum Gasteiger partial charge on any atom is 0.315 e. The third kappa shape index (κ3) is 6.01. The molecule has 3 rings (SSSR count). The molecule has 0 saturated carbocycles. The summed E-state index contributed by atoms with van der Waals surface area (Å²) in [4.78, 5) is 36.7. The largest absolute Gasteiger partial charge is 0.395 e. The molecule has 3 heterocycles. The molecule has 176 valence electrons. The van der Waals surface area contributed by atoms with Crippen molar-refractivity contribution >= 4 is 29.6 Å². The molecule has 3 saturated heterocycles. The summed E-state index contributed by atoms with van der Waals surface area (Å²) < 4.78 is 0. The monoisotopic (exact) mass is 459 g/mol. The number of thioether (sulfide) groups is 1. The van der Waals surface area contributed by atoms with Crippen LogP contribution >= 0.6 is 11.8 Å². The standard InChI is InChI=1S/C19H33N5O6S/c1-10(26)21-11-6-24(13(7-25)18(29)17(11)28)9-20-15(27)5-3-2-4-14-16-12(8-31-14)22-19(30)23-16/h11-14,16-18,25,28-29H,2-9H2,1H3,(H,20,27)(H,21,26)(H2,22,23,30)/t11?,12?,13?,14?,16?,17-,18-/m1/s1. The van der Waals surface area contributed by atoms with Crippen molar-refractivity contribution < 1.29 is 29.7 Å². The van der Waals surface area contributed by atoms with E-state index in [1.807, 2.05) is 11.8 Å². The number of hydrogen-bond acceptors (Lipinski definition) is 8. The van der Waals surface area contributed by atoms with E-state index in [-0.39, 0.29) is 49.7 Å². The summed E-state index contributed by atoms with van der Waals surface area (Å²) in [5.74, 6) is 0.444. The molecule has 3 fully saturated rings. The Bertz CT molecular complexity index is 670. The van der Waals surface area contributed by atoms with Gasteiger partial charge in [-0.15, -0.1) is 0 Å². The highest BCUT2D eigenvalue weighted by molar-refractivity contribution is 8.00. The van der Waals surface area contributed by atoms with Gasteiger partial charge < -0.3 is 36.6 Å². The molecule has 11 nitrogen and oxygen atoms in total. The smallest absolute Gasteiger partial charge is 0.315 e. The highest BCUT2D eigenvalue weighted by Crippen LogP contribution is 2.33. The number of unbranched alkanes of at least 4 members (excludes halogenated alkanes) is 1. The van der Waals surface area contributed by atoms with E-state index < -0.39 is 24.3 Å². The van der Waals surface area contributed by atoms with Crippen LogP contribution < -0.4 is 21.3 Å². The summed E-state index contributed by atoms with van der Waals surface area (Å²) >= 11 is 1.85. The number of aliphatic hydroxyl groups excluding tert-OH is 3. The summed E-state index contributed by atoms with van der Waals surface area (Å²) in [7, 11) is 0. The quantitative estimate of drug-likeness (QED) is 0.149. The van der Waals surface area contributed by atoms with Crippen molar-refractivity contribution in [2.24, 2.45) is 0 Å². The zero-order valence-electron chi connectivity index (χ0n) is 17.6. The molecular weight excluding hydrogens is 426 g/mol. The Morgan fingerprint density at radius 1 is 1.23 bits per heavy atom. The zero-order chi connectivity index (χ0) is 22.5. The second kappa shape index (κ2) is 10.8. The van der Waals surface area contributed by atoms with E-state index in [1.165, 1.54) is 6.92 Å². The van der Waals surface area contributed by atoms with Gasteiger partial charge in [-0.05, 0) is 12.8 Å². The van der Waals surface area contributed by atoms with Gasteiger partial charge in [0.15, 0.2) is 0 Å². The molecule has 0 aromatic carbocycles. The van der Waals surface area contributed by atoms with Crippen LogP contribution in [0.15, 0.2) is 0 Å². The number of rotatable bonds is 9. The molecular formula is C19H33N5O6S. The summed E-state index contributed by atoms with van der Waals surface area (Å²) in [6.45, 7) is 1.24. The lowest BCUT2D eigenvalue weighted by Gasteiger charge is -2.44. The molecule has 0 bridgehead atoms. The van der Waals surface area contributed by atoms with Crippen LogP contribution in [0, 0.1) is 0 Å². The number of carbonyl (C=O) groups excluding carboxylic acids is 3. The van der Waals surface area contributed by atoms with Crippen LogP contribution in [0.4, 0.5) is 4.79 Å². The van der Waals surface area contributed by atoms with Crippen LogP contribution in [0.1, 0.15) is 32.6 Å². The van der Waals surface area contributed by atoms with Crippen molar-refractivity contribution in [3.05, 3.63) is 0 Å². The first-order valence-corrected chi connectivity index (χ1v) is 11.8. The molecule has 0 radical (unpaired) electrons. The van der Waals surface area contributed by atoms with Gasteiger partial charge in [0.1, 0.15) is 6.10 Å². The van der Waals surface area contributed by atoms with Gasteiger partial charge in [0.2, 0.25) is 11.8 Å². The minimum atomic E-state index is -1.24. The third-order valence-corrected chi connectivity index (χ3v) is 7.70. The molecule has 3 aliphatic rings. The van der Waals surface area contributed by atoms with Gasteiger partial charge in [-0.1, -0.05) is 6.42 Å². The predicted molar refractivity (Wildman–Crippen MR) is 114 cm³/mol. The van der Waals surface area contributed by atoms with Gasteiger partial charge in [-0.2, -0.15) is 11.8 Å². The lowest BCUT2D eigenvalue weighted by molar-refractivity contribution is -0.132. The Labute approximate surface area is 185 Å². The number of nitrogens with one attached hydrogen (secondary N) is 4. The number of likely N-dealkylation sites (tertiary alicyclic amines) is 1. The molecule has 3 aliphatic heterocycles. The molecule has 5 unspecified atom stereocenters. The molecule has 31 heavy (non-hydrogen) atoms. The van der Waals surface area contributed by atoms with Crippen molar-refractivity contribution in [2.45, 2.75) is 74.2 Å². The summed E-state index contributed by atoms with van der Waals surface area (Å²) in [5.41, 5.74) is 0. The van der Waals surface area contributed by atoms with Crippen LogP contribution in [0.25, 0.3) is 0 Å². The van der Waals surface area contributed by atoms with Gasteiger partial charge >= 0.3 is 6.03 Å². The van der Waals surface area contributed by atoms with Gasteiger partial charge in [-0.25, -0.2) is 4.79 Å². The second-order valence-corrected chi connectivity index (χ2v) is 9.71. The lowest BCUT2D eigenvalue weighted by atomic mass is 9.92. The average molecular weight is 460 g/mol. The molecule has 0 spiro atoms. The van der Waals surface area contributed by atoms with E-state index in [4.69, 9.17) is 0 Å². The fraction of sp³-hybridized carbons (Fsp3) is 0.842. The van der Waals surface area contributed by atoms with Crippen molar-refractivity contribution in [3.63, 3.8) is 0 Å². The molecule has 0 aliphatic carbocycles. The summed E-state index contributed by atoms with van der Waals surface area (Å²) in [5, 5.41) is 41.7. The van der Waals surface area contributed by atoms with E-state index in [1.54, 1.807) is 4.90 Å². The molecule has 7 atom stereocenters. The fourth-order valence-corrected chi connectivity index (χ4v) is 6.07. The van der Waals surface area contributed by atoms with Gasteiger partial charge in [0.25, 0.3) is 0 Å². The SMILES string of the molecule is CC(=O)NC1CN(CNC(=O)CCCCC2SCC3NC(=O)NC32)C(CO)[C@@H](O)[C@@H]1O. The maximum absolute atomic E-state index is 12.3. The first-order chi connectivity index (χ1) is 14.8. The Hall–Kier alpha value is -1.60. The van der Waals surface area contributed by atoms with E-state index in [2.05, 4.69) is 21.3 Å². The van der Waals surface area contributed by atoms with Crippen LogP contribution in [0.2, 0.25) is 0 Å². The maximum atomic E-state index is 12.3. The molecule has 4 amide bonds. The average Bonchev–Trinajstić information content (AvgIpc) is 3.26. The minimum absolute atomic E-state index is 0.100. The number of fused-ring (bicyclic) bond motifs is 1. The fourth-order valence-electron chi connectivity index (χ4n) is 4.53. The number of aliphatic hydroxyl groups is 3. The number of amides is 4. The minimum Gasteiger partial charge on any atom is -0.395 e. The van der Waals surface area contributed by atoms with E-state index in [0.29, 0.717) is 11.7 Å². The Morgan fingerprint density at radius 3 is 2.71 bits per heavy atom.